The molecule has 0 unspecified atom stereocenters. The van der Waals surface area contributed by atoms with E-state index in [4.69, 9.17) is 0 Å². The zero-order valence-electron chi connectivity index (χ0n) is 33.3. The first kappa shape index (κ1) is 34.3. The second-order valence-corrected chi connectivity index (χ2v) is 16.4. The van der Waals surface area contributed by atoms with Crippen LogP contribution in [0.2, 0.25) is 0 Å². The van der Waals surface area contributed by atoms with E-state index in [0.29, 0.717) is 0 Å². The third kappa shape index (κ3) is 5.12. The molecular formula is C55H39N5. The Labute approximate surface area is 348 Å². The van der Waals surface area contributed by atoms with E-state index >= 15 is 0 Å². The molecule has 284 valence electrons. The lowest BCUT2D eigenvalue weighted by Crippen LogP contribution is -2.31. The van der Waals surface area contributed by atoms with Gasteiger partial charge in [0, 0.05) is 56.4 Å². The summed E-state index contributed by atoms with van der Waals surface area (Å²) in [6, 6.07) is 64.2. The standard InChI is InChI=1S/C55H39N5/c1-55(2)47-23-21-40(58-49-19-11-9-17-43(49)45-25-27-56-34-53(45)58)32-51(47)60(42-30-38(36-13-5-3-6-14-36)29-39(31-42)37-15-7-4-8-16-37)52-33-41(22-24-48(52)55)59-50-20-12-10-18-44(50)46-26-28-57-35-54(46)59/h3-35H,1-2H3. The van der Waals surface area contributed by atoms with Crippen LogP contribution in [0.25, 0.3) is 77.2 Å². The largest absolute Gasteiger partial charge is 0.310 e. The highest BCUT2D eigenvalue weighted by Gasteiger charge is 2.38. The van der Waals surface area contributed by atoms with E-state index in [2.05, 4.69) is 214 Å². The van der Waals surface area contributed by atoms with Crippen LogP contribution in [0.4, 0.5) is 17.1 Å². The highest BCUT2D eigenvalue weighted by Crippen LogP contribution is 2.54. The molecule has 5 heteroatoms. The van der Waals surface area contributed by atoms with Crippen molar-refractivity contribution in [3.8, 4) is 33.6 Å². The van der Waals surface area contributed by atoms with Gasteiger partial charge in [0.05, 0.1) is 45.8 Å². The van der Waals surface area contributed by atoms with E-state index in [9.17, 15) is 0 Å². The summed E-state index contributed by atoms with van der Waals surface area (Å²) in [6.07, 6.45) is 7.77. The van der Waals surface area contributed by atoms with Gasteiger partial charge in [0.25, 0.3) is 0 Å². The molecule has 5 nitrogen and oxygen atoms in total. The lowest BCUT2D eigenvalue weighted by atomic mass is 9.73. The topological polar surface area (TPSA) is 38.9 Å². The first-order valence-electron chi connectivity index (χ1n) is 20.6. The minimum absolute atomic E-state index is 0.317. The van der Waals surface area contributed by atoms with Gasteiger partial charge in [-0.05, 0) is 100 Å². The lowest BCUT2D eigenvalue weighted by Gasteiger charge is -2.42. The van der Waals surface area contributed by atoms with E-state index in [1.54, 1.807) is 0 Å². The molecule has 0 radical (unpaired) electrons. The highest BCUT2D eigenvalue weighted by molar-refractivity contribution is 6.10. The van der Waals surface area contributed by atoms with Crippen molar-refractivity contribution in [3.05, 3.63) is 212 Å². The number of rotatable bonds is 5. The Morgan fingerprint density at radius 3 is 1.28 bits per heavy atom. The van der Waals surface area contributed by atoms with Gasteiger partial charge in [-0.25, -0.2) is 0 Å². The Kier molecular flexibility index (Phi) is 7.51. The van der Waals surface area contributed by atoms with Crippen LogP contribution in [-0.4, -0.2) is 19.1 Å². The number of benzene rings is 7. The molecule has 0 spiro atoms. The number of fused-ring (bicyclic) bond motifs is 8. The maximum Gasteiger partial charge on any atom is 0.0724 e. The van der Waals surface area contributed by atoms with E-state index in [-0.39, 0.29) is 5.41 Å². The first-order valence-corrected chi connectivity index (χ1v) is 20.6. The summed E-state index contributed by atoms with van der Waals surface area (Å²) in [7, 11) is 0. The normalized spacial score (nSPS) is 13.3. The molecule has 0 N–H and O–H groups in total. The fourth-order valence-electron chi connectivity index (χ4n) is 9.83. The fourth-order valence-corrected chi connectivity index (χ4v) is 9.83. The maximum atomic E-state index is 4.61. The predicted molar refractivity (Wildman–Crippen MR) is 248 cm³/mol. The zero-order valence-corrected chi connectivity index (χ0v) is 33.3. The molecule has 60 heavy (non-hydrogen) atoms. The molecular weight excluding hydrogens is 731 g/mol. The van der Waals surface area contributed by atoms with Gasteiger partial charge in [-0.15, -0.1) is 0 Å². The van der Waals surface area contributed by atoms with Gasteiger partial charge in [-0.2, -0.15) is 0 Å². The van der Waals surface area contributed by atoms with Crippen molar-refractivity contribution in [2.24, 2.45) is 0 Å². The molecule has 4 aromatic heterocycles. The van der Waals surface area contributed by atoms with Gasteiger partial charge in [0.15, 0.2) is 0 Å². The van der Waals surface area contributed by atoms with Gasteiger partial charge in [0.1, 0.15) is 0 Å². The summed E-state index contributed by atoms with van der Waals surface area (Å²) >= 11 is 0. The summed E-state index contributed by atoms with van der Waals surface area (Å²) in [4.78, 5) is 11.7. The Morgan fingerprint density at radius 2 is 0.800 bits per heavy atom. The monoisotopic (exact) mass is 769 g/mol. The van der Waals surface area contributed by atoms with Crippen LogP contribution in [0.5, 0.6) is 0 Å². The predicted octanol–water partition coefficient (Wildman–Crippen LogP) is 14.1. The third-order valence-electron chi connectivity index (χ3n) is 12.6. The molecule has 0 saturated carbocycles. The number of para-hydroxylation sites is 2. The molecule has 0 bridgehead atoms. The number of nitrogens with zero attached hydrogens (tertiary/aromatic N) is 5. The van der Waals surface area contributed by atoms with Gasteiger partial charge in [-0.1, -0.05) is 123 Å². The molecule has 1 aliphatic rings. The van der Waals surface area contributed by atoms with E-state index < -0.39 is 0 Å². The molecule has 0 saturated heterocycles. The molecule has 0 atom stereocenters. The Bertz CT molecular complexity index is 3140. The number of pyridine rings is 2. The summed E-state index contributed by atoms with van der Waals surface area (Å²) in [5.74, 6) is 0. The minimum Gasteiger partial charge on any atom is -0.310 e. The van der Waals surface area contributed by atoms with E-state index in [1.807, 2.05) is 24.8 Å². The van der Waals surface area contributed by atoms with Crippen LogP contribution in [-0.2, 0) is 5.41 Å². The Hall–Kier alpha value is -7.76. The minimum atomic E-state index is -0.317. The summed E-state index contributed by atoms with van der Waals surface area (Å²) < 4.78 is 4.74. The van der Waals surface area contributed by atoms with Gasteiger partial charge >= 0.3 is 0 Å². The van der Waals surface area contributed by atoms with Crippen LogP contribution in [0.3, 0.4) is 0 Å². The van der Waals surface area contributed by atoms with Gasteiger partial charge < -0.3 is 14.0 Å². The average Bonchev–Trinajstić information content (AvgIpc) is 3.82. The van der Waals surface area contributed by atoms with Gasteiger partial charge in [0.2, 0.25) is 0 Å². The van der Waals surface area contributed by atoms with Crippen LogP contribution in [0, 0.1) is 0 Å². The molecule has 12 rings (SSSR count). The molecule has 0 amide bonds. The molecule has 11 aromatic rings. The Morgan fingerprint density at radius 1 is 0.367 bits per heavy atom. The molecule has 1 aliphatic heterocycles. The summed E-state index contributed by atoms with van der Waals surface area (Å²) in [5, 5.41) is 4.80. The summed E-state index contributed by atoms with van der Waals surface area (Å²) in [5.41, 5.74) is 16.9. The van der Waals surface area contributed by atoms with Crippen molar-refractivity contribution in [1.29, 1.82) is 0 Å². The second-order valence-electron chi connectivity index (χ2n) is 16.4. The second kappa shape index (κ2) is 13.1. The number of hydrogen-bond donors (Lipinski definition) is 0. The van der Waals surface area contributed by atoms with Crippen molar-refractivity contribution < 1.29 is 0 Å². The zero-order chi connectivity index (χ0) is 40.0. The Balaban J connectivity index is 1.17. The fraction of sp³-hybridized carbons (Fsp3) is 0.0545. The quantitative estimate of drug-likeness (QED) is 0.175. The van der Waals surface area contributed by atoms with E-state index in [1.165, 1.54) is 43.8 Å². The van der Waals surface area contributed by atoms with Crippen molar-refractivity contribution >= 4 is 60.7 Å². The molecule has 5 heterocycles. The highest BCUT2D eigenvalue weighted by atomic mass is 15.2. The number of hydrogen-bond acceptors (Lipinski definition) is 3. The maximum absolute atomic E-state index is 4.61. The molecule has 0 aliphatic carbocycles. The van der Waals surface area contributed by atoms with Crippen molar-refractivity contribution in [2.75, 3.05) is 4.90 Å². The van der Waals surface area contributed by atoms with Crippen molar-refractivity contribution in [1.82, 2.24) is 19.1 Å². The van der Waals surface area contributed by atoms with Crippen molar-refractivity contribution in [3.63, 3.8) is 0 Å². The smallest absolute Gasteiger partial charge is 0.0724 e. The van der Waals surface area contributed by atoms with Crippen LogP contribution in [0.1, 0.15) is 25.0 Å². The van der Waals surface area contributed by atoms with Crippen molar-refractivity contribution in [2.45, 2.75) is 19.3 Å². The van der Waals surface area contributed by atoms with E-state index in [0.717, 1.165) is 61.6 Å². The van der Waals surface area contributed by atoms with Crippen LogP contribution in [0.15, 0.2) is 201 Å². The van der Waals surface area contributed by atoms with Crippen LogP contribution >= 0.6 is 0 Å². The summed E-state index contributed by atoms with van der Waals surface area (Å²) in [6.45, 7) is 4.73. The SMILES string of the molecule is CC1(C)c2ccc(-n3c4ccccc4c4ccncc43)cc2N(c2cc(-c3ccccc3)cc(-c3ccccc3)c2)c2cc(-n3c4ccccc4c4ccncc43)ccc21. The van der Waals surface area contributed by atoms with Gasteiger partial charge in [-0.3, -0.25) is 9.97 Å². The third-order valence-corrected chi connectivity index (χ3v) is 12.6. The number of anilines is 3. The average molecular weight is 770 g/mol. The lowest BCUT2D eigenvalue weighted by molar-refractivity contribution is 0.631. The van der Waals surface area contributed by atoms with Crippen LogP contribution < -0.4 is 4.90 Å². The first-order chi connectivity index (χ1) is 29.5. The number of aromatic nitrogens is 4. The molecule has 0 fully saturated rings. The molecule has 7 aromatic carbocycles.